The molecule has 1 aromatic carbocycles. The average Bonchev–Trinajstić information content (AvgIpc) is 3.15. The first-order valence-corrected chi connectivity index (χ1v) is 10.3. The molecule has 1 aliphatic rings. The largest absolute Gasteiger partial charge is 0.480 e. The van der Waals surface area contributed by atoms with Crippen LogP contribution in [0.5, 0.6) is 0 Å². The first-order valence-electron chi connectivity index (χ1n) is 9.30. The third-order valence-corrected chi connectivity index (χ3v) is 5.77. The second-order valence-corrected chi connectivity index (χ2v) is 8.18. The van der Waals surface area contributed by atoms with Crippen molar-refractivity contribution in [3.8, 4) is 0 Å². The van der Waals surface area contributed by atoms with Crippen molar-refractivity contribution in [2.24, 2.45) is 5.92 Å². The molecule has 0 aliphatic carbocycles. The molecule has 0 spiro atoms. The van der Waals surface area contributed by atoms with Crippen molar-refractivity contribution in [1.29, 1.82) is 0 Å². The molecule has 0 bridgehead atoms. The number of hydrogen-bond acceptors (Lipinski definition) is 5. The Balaban J connectivity index is 2.01. The Hall–Kier alpha value is -2.35. The minimum absolute atomic E-state index is 0.0550. The molecule has 152 valence electrons. The van der Waals surface area contributed by atoms with E-state index in [0.29, 0.717) is 25.1 Å². The highest BCUT2D eigenvalue weighted by molar-refractivity contribution is 8.13. The first-order chi connectivity index (χ1) is 13.3. The number of benzene rings is 1. The molecule has 1 unspecified atom stereocenters. The molecule has 2 rings (SSSR count). The SMILES string of the molecule is CC(=O)SCC(C)C(=O)N1CCC[C@H]1C(=O)N[C@@H](Cc1ccccc1)C(=O)O. The summed E-state index contributed by atoms with van der Waals surface area (Å²) in [7, 11) is 0. The summed E-state index contributed by atoms with van der Waals surface area (Å²) in [4.78, 5) is 49.6. The van der Waals surface area contributed by atoms with Crippen LogP contribution in [0, 0.1) is 5.92 Å². The zero-order valence-electron chi connectivity index (χ0n) is 16.1. The Kier molecular flexibility index (Phi) is 8.04. The highest BCUT2D eigenvalue weighted by Gasteiger charge is 2.37. The lowest BCUT2D eigenvalue weighted by Crippen LogP contribution is -2.52. The van der Waals surface area contributed by atoms with Gasteiger partial charge < -0.3 is 15.3 Å². The molecule has 2 N–H and O–H groups in total. The molecule has 7 nitrogen and oxygen atoms in total. The van der Waals surface area contributed by atoms with Gasteiger partial charge in [-0.2, -0.15) is 0 Å². The zero-order valence-corrected chi connectivity index (χ0v) is 16.9. The number of aliphatic carboxylic acids is 1. The van der Waals surface area contributed by atoms with Gasteiger partial charge in [-0.05, 0) is 18.4 Å². The number of rotatable bonds is 8. The number of likely N-dealkylation sites (tertiary alicyclic amines) is 1. The van der Waals surface area contributed by atoms with Crippen LogP contribution in [-0.4, -0.2) is 57.3 Å². The summed E-state index contributed by atoms with van der Waals surface area (Å²) < 4.78 is 0. The van der Waals surface area contributed by atoms with E-state index in [0.717, 1.165) is 17.3 Å². The van der Waals surface area contributed by atoms with Gasteiger partial charge in [-0.25, -0.2) is 4.79 Å². The third-order valence-electron chi connectivity index (χ3n) is 4.69. The predicted molar refractivity (Wildman–Crippen MR) is 107 cm³/mol. The van der Waals surface area contributed by atoms with E-state index < -0.39 is 24.0 Å². The molecular formula is C20H26N2O5S. The van der Waals surface area contributed by atoms with Gasteiger partial charge in [0.05, 0.1) is 0 Å². The third kappa shape index (κ3) is 6.09. The van der Waals surface area contributed by atoms with Crippen LogP contribution in [-0.2, 0) is 25.6 Å². The van der Waals surface area contributed by atoms with Crippen molar-refractivity contribution in [2.75, 3.05) is 12.3 Å². The Morgan fingerprint density at radius 2 is 1.93 bits per heavy atom. The minimum Gasteiger partial charge on any atom is -0.480 e. The summed E-state index contributed by atoms with van der Waals surface area (Å²) in [5.41, 5.74) is 0.810. The van der Waals surface area contributed by atoms with Gasteiger partial charge in [-0.1, -0.05) is 49.0 Å². The van der Waals surface area contributed by atoms with Crippen molar-refractivity contribution in [3.63, 3.8) is 0 Å². The van der Waals surface area contributed by atoms with Gasteiger partial charge in [-0.3, -0.25) is 14.4 Å². The van der Waals surface area contributed by atoms with E-state index >= 15 is 0 Å². The quantitative estimate of drug-likeness (QED) is 0.681. The van der Waals surface area contributed by atoms with Gasteiger partial charge in [0.2, 0.25) is 11.8 Å². The second-order valence-electron chi connectivity index (χ2n) is 6.98. The molecule has 3 atom stereocenters. The van der Waals surface area contributed by atoms with E-state index in [9.17, 15) is 24.3 Å². The van der Waals surface area contributed by atoms with Gasteiger partial charge in [0.1, 0.15) is 12.1 Å². The van der Waals surface area contributed by atoms with Gasteiger partial charge >= 0.3 is 5.97 Å². The van der Waals surface area contributed by atoms with Crippen molar-refractivity contribution in [3.05, 3.63) is 35.9 Å². The molecule has 1 aromatic rings. The lowest BCUT2D eigenvalue weighted by atomic mass is 10.1. The van der Waals surface area contributed by atoms with Crippen LogP contribution in [0.4, 0.5) is 0 Å². The number of carbonyl (C=O) groups excluding carboxylic acids is 3. The van der Waals surface area contributed by atoms with Gasteiger partial charge in [-0.15, -0.1) is 0 Å². The Labute approximate surface area is 168 Å². The van der Waals surface area contributed by atoms with E-state index in [-0.39, 0.29) is 23.4 Å². The van der Waals surface area contributed by atoms with Crippen LogP contribution in [0.2, 0.25) is 0 Å². The monoisotopic (exact) mass is 406 g/mol. The topological polar surface area (TPSA) is 104 Å². The fourth-order valence-electron chi connectivity index (χ4n) is 3.22. The summed E-state index contributed by atoms with van der Waals surface area (Å²) in [6.07, 6.45) is 1.36. The van der Waals surface area contributed by atoms with Crippen LogP contribution >= 0.6 is 11.8 Å². The normalized spacial score (nSPS) is 18.4. The molecule has 0 saturated carbocycles. The number of carboxylic acid groups (broad SMARTS) is 1. The van der Waals surface area contributed by atoms with Crippen LogP contribution in [0.25, 0.3) is 0 Å². The van der Waals surface area contributed by atoms with Gasteiger partial charge in [0, 0.05) is 31.6 Å². The van der Waals surface area contributed by atoms with Crippen LogP contribution in [0.15, 0.2) is 30.3 Å². The van der Waals surface area contributed by atoms with Crippen molar-refractivity contribution < 1.29 is 24.3 Å². The Bertz CT molecular complexity index is 725. The highest BCUT2D eigenvalue weighted by atomic mass is 32.2. The Morgan fingerprint density at radius 1 is 1.25 bits per heavy atom. The maximum atomic E-state index is 12.7. The van der Waals surface area contributed by atoms with Gasteiger partial charge in [0.25, 0.3) is 0 Å². The fraction of sp³-hybridized carbons (Fsp3) is 0.500. The lowest BCUT2D eigenvalue weighted by molar-refractivity contribution is -0.144. The molecule has 2 amide bonds. The molecule has 1 aliphatic heterocycles. The van der Waals surface area contributed by atoms with E-state index in [1.807, 2.05) is 30.3 Å². The van der Waals surface area contributed by atoms with E-state index in [1.54, 1.807) is 6.92 Å². The second kappa shape index (κ2) is 10.3. The lowest BCUT2D eigenvalue weighted by Gasteiger charge is -2.27. The molecule has 1 fully saturated rings. The average molecular weight is 407 g/mol. The summed E-state index contributed by atoms with van der Waals surface area (Å²) in [5.74, 6) is -1.76. The molecular weight excluding hydrogens is 380 g/mol. The molecule has 0 radical (unpaired) electrons. The van der Waals surface area contributed by atoms with E-state index in [2.05, 4.69) is 5.32 Å². The van der Waals surface area contributed by atoms with Crippen molar-refractivity contribution in [1.82, 2.24) is 10.2 Å². The molecule has 28 heavy (non-hydrogen) atoms. The summed E-state index contributed by atoms with van der Waals surface area (Å²) in [6, 6.07) is 7.35. The summed E-state index contributed by atoms with van der Waals surface area (Å²) >= 11 is 1.09. The molecule has 1 saturated heterocycles. The number of carboxylic acids is 1. The number of thioether (sulfide) groups is 1. The van der Waals surface area contributed by atoms with Crippen LogP contribution in [0.3, 0.4) is 0 Å². The smallest absolute Gasteiger partial charge is 0.326 e. The molecule has 0 aromatic heterocycles. The number of amides is 2. The number of carbonyl (C=O) groups is 4. The summed E-state index contributed by atoms with van der Waals surface area (Å²) in [5, 5.41) is 12.0. The summed E-state index contributed by atoms with van der Waals surface area (Å²) in [6.45, 7) is 3.65. The maximum Gasteiger partial charge on any atom is 0.326 e. The first kappa shape index (κ1) is 21.9. The minimum atomic E-state index is -1.11. The number of nitrogens with zero attached hydrogens (tertiary/aromatic N) is 1. The van der Waals surface area contributed by atoms with Crippen LogP contribution in [0.1, 0.15) is 32.3 Å². The van der Waals surface area contributed by atoms with E-state index in [4.69, 9.17) is 0 Å². The van der Waals surface area contributed by atoms with Gasteiger partial charge in [0.15, 0.2) is 5.12 Å². The van der Waals surface area contributed by atoms with Crippen LogP contribution < -0.4 is 5.32 Å². The number of hydrogen-bond donors (Lipinski definition) is 2. The highest BCUT2D eigenvalue weighted by Crippen LogP contribution is 2.22. The molecule has 1 heterocycles. The maximum absolute atomic E-state index is 12.7. The standard InChI is InChI=1S/C20H26N2O5S/c1-13(12-28-14(2)23)19(25)22-10-6-9-17(22)18(24)21-16(20(26)27)11-15-7-4-3-5-8-15/h3-5,7-8,13,16-17H,6,9-12H2,1-2H3,(H,21,24)(H,26,27)/t13?,16-,17-/m0/s1. The predicted octanol–water partition coefficient (Wildman–Crippen LogP) is 1.71. The van der Waals surface area contributed by atoms with E-state index in [1.165, 1.54) is 11.8 Å². The van der Waals surface area contributed by atoms with Crippen molar-refractivity contribution >= 4 is 34.7 Å². The molecule has 8 heteroatoms. The zero-order chi connectivity index (χ0) is 20.7. The fourth-order valence-corrected chi connectivity index (χ4v) is 3.84. The Morgan fingerprint density at radius 3 is 2.54 bits per heavy atom. The number of nitrogens with one attached hydrogen (secondary N) is 1. The van der Waals surface area contributed by atoms with Crippen molar-refractivity contribution in [2.45, 2.75) is 45.2 Å².